The second-order valence-corrected chi connectivity index (χ2v) is 5.91. The fourth-order valence-electron chi connectivity index (χ4n) is 2.54. The van der Waals surface area contributed by atoms with Gasteiger partial charge in [-0.1, -0.05) is 21.9 Å². The minimum absolute atomic E-state index is 0.295. The lowest BCUT2D eigenvalue weighted by Gasteiger charge is -2.15. The van der Waals surface area contributed by atoms with E-state index in [1.807, 2.05) is 12.1 Å². The van der Waals surface area contributed by atoms with E-state index in [0.717, 1.165) is 41.6 Å². The van der Waals surface area contributed by atoms with Gasteiger partial charge >= 0.3 is 0 Å². The Morgan fingerprint density at radius 3 is 3.00 bits per heavy atom. The fraction of sp³-hybridized carbons (Fsp3) is 0.500. The zero-order valence-electron chi connectivity index (χ0n) is 11.7. The molecule has 20 heavy (non-hydrogen) atoms. The van der Waals surface area contributed by atoms with Crippen LogP contribution in [0.4, 0.5) is 0 Å². The smallest absolute Gasteiger partial charge is 0.148 e. The van der Waals surface area contributed by atoms with Crippen molar-refractivity contribution in [3.63, 3.8) is 0 Å². The topological polar surface area (TPSA) is 30.5 Å². The summed E-state index contributed by atoms with van der Waals surface area (Å²) in [6.07, 6.45) is 9.01. The van der Waals surface area contributed by atoms with Gasteiger partial charge in [-0.05, 0) is 37.5 Å². The molecular weight excluding hydrogens is 318 g/mol. The van der Waals surface area contributed by atoms with Crippen LogP contribution >= 0.6 is 15.9 Å². The van der Waals surface area contributed by atoms with Crippen LogP contribution in [0.25, 0.3) is 0 Å². The molecule has 2 unspecified atom stereocenters. The molecule has 0 spiro atoms. The first-order valence-corrected chi connectivity index (χ1v) is 7.63. The summed E-state index contributed by atoms with van der Waals surface area (Å²) in [5, 5.41) is 3.57. The van der Waals surface area contributed by atoms with Gasteiger partial charge in [0.05, 0.1) is 6.10 Å². The SMILES string of the molecule is C#CCOc1ccc(Br)cc1CNC1CCC(OC)C1. The molecule has 1 aliphatic rings. The molecule has 0 amide bonds. The van der Waals surface area contributed by atoms with Gasteiger partial charge in [-0.25, -0.2) is 0 Å². The van der Waals surface area contributed by atoms with Gasteiger partial charge in [-0.15, -0.1) is 6.42 Å². The average Bonchev–Trinajstić information content (AvgIpc) is 2.92. The summed E-state index contributed by atoms with van der Waals surface area (Å²) in [7, 11) is 1.78. The molecule has 4 heteroatoms. The third kappa shape index (κ3) is 4.24. The number of hydrogen-bond acceptors (Lipinski definition) is 3. The molecule has 0 aromatic heterocycles. The zero-order valence-corrected chi connectivity index (χ0v) is 13.3. The second kappa shape index (κ2) is 7.68. The average molecular weight is 338 g/mol. The van der Waals surface area contributed by atoms with Gasteiger partial charge < -0.3 is 14.8 Å². The second-order valence-electron chi connectivity index (χ2n) is 4.99. The van der Waals surface area contributed by atoms with Crippen molar-refractivity contribution >= 4 is 15.9 Å². The van der Waals surface area contributed by atoms with E-state index < -0.39 is 0 Å². The molecule has 1 aliphatic carbocycles. The summed E-state index contributed by atoms with van der Waals surface area (Å²) in [4.78, 5) is 0. The van der Waals surface area contributed by atoms with Crippen molar-refractivity contribution in [1.82, 2.24) is 5.32 Å². The lowest BCUT2D eigenvalue weighted by Crippen LogP contribution is -2.26. The first kappa shape index (κ1) is 15.4. The van der Waals surface area contributed by atoms with E-state index in [1.54, 1.807) is 7.11 Å². The molecule has 1 saturated carbocycles. The predicted octanol–water partition coefficient (Wildman–Crippen LogP) is 3.12. The van der Waals surface area contributed by atoms with Gasteiger partial charge in [0.1, 0.15) is 12.4 Å². The quantitative estimate of drug-likeness (QED) is 0.809. The molecular formula is C16H20BrNO2. The Balaban J connectivity index is 1.94. The zero-order chi connectivity index (χ0) is 14.4. The van der Waals surface area contributed by atoms with Crippen LogP contribution in [0.2, 0.25) is 0 Å². The Labute approximate surface area is 129 Å². The molecule has 1 N–H and O–H groups in total. The van der Waals surface area contributed by atoms with Crippen LogP contribution in [0.1, 0.15) is 24.8 Å². The summed E-state index contributed by atoms with van der Waals surface area (Å²) < 4.78 is 12.0. The molecule has 3 nitrogen and oxygen atoms in total. The van der Waals surface area contributed by atoms with Crippen molar-refractivity contribution in [3.8, 4) is 18.1 Å². The number of rotatable bonds is 6. The number of terminal acetylenes is 1. The Morgan fingerprint density at radius 2 is 2.30 bits per heavy atom. The maximum Gasteiger partial charge on any atom is 0.148 e. The largest absolute Gasteiger partial charge is 0.481 e. The summed E-state index contributed by atoms with van der Waals surface area (Å²) in [5.41, 5.74) is 1.12. The van der Waals surface area contributed by atoms with E-state index in [2.05, 4.69) is 33.2 Å². The Morgan fingerprint density at radius 1 is 1.45 bits per heavy atom. The highest BCUT2D eigenvalue weighted by molar-refractivity contribution is 9.10. The molecule has 0 aliphatic heterocycles. The van der Waals surface area contributed by atoms with Crippen LogP contribution in [-0.2, 0) is 11.3 Å². The Hall–Kier alpha value is -1.02. The third-order valence-corrected chi connectivity index (χ3v) is 4.13. The fourth-order valence-corrected chi connectivity index (χ4v) is 2.95. The normalized spacial score (nSPS) is 21.6. The van der Waals surface area contributed by atoms with Crippen molar-refractivity contribution in [1.29, 1.82) is 0 Å². The first-order chi connectivity index (χ1) is 9.72. The summed E-state index contributed by atoms with van der Waals surface area (Å²) in [6, 6.07) is 6.50. The minimum Gasteiger partial charge on any atom is -0.481 e. The summed E-state index contributed by atoms with van der Waals surface area (Å²) >= 11 is 3.50. The van der Waals surface area contributed by atoms with Gasteiger partial charge in [0, 0.05) is 29.7 Å². The molecule has 1 fully saturated rings. The van der Waals surface area contributed by atoms with Crippen molar-refractivity contribution in [2.45, 2.75) is 38.0 Å². The Kier molecular flexibility index (Phi) is 5.90. The highest BCUT2D eigenvalue weighted by Crippen LogP contribution is 2.25. The molecule has 1 aromatic carbocycles. The lowest BCUT2D eigenvalue weighted by molar-refractivity contribution is 0.107. The number of nitrogens with one attached hydrogen (secondary N) is 1. The molecule has 1 aromatic rings. The van der Waals surface area contributed by atoms with E-state index >= 15 is 0 Å². The summed E-state index contributed by atoms with van der Waals surface area (Å²) in [5.74, 6) is 3.34. The van der Waals surface area contributed by atoms with Crippen LogP contribution in [0.5, 0.6) is 5.75 Å². The number of ether oxygens (including phenoxy) is 2. The van der Waals surface area contributed by atoms with Crippen molar-refractivity contribution < 1.29 is 9.47 Å². The Bertz CT molecular complexity index is 484. The van der Waals surface area contributed by atoms with Gasteiger partial charge in [-0.3, -0.25) is 0 Å². The predicted molar refractivity (Wildman–Crippen MR) is 83.7 cm³/mol. The van der Waals surface area contributed by atoms with Gasteiger partial charge in [0.2, 0.25) is 0 Å². The monoisotopic (exact) mass is 337 g/mol. The van der Waals surface area contributed by atoms with Crippen LogP contribution < -0.4 is 10.1 Å². The van der Waals surface area contributed by atoms with Gasteiger partial charge in [0.15, 0.2) is 0 Å². The lowest BCUT2D eigenvalue weighted by atomic mass is 10.1. The van der Waals surface area contributed by atoms with Crippen molar-refractivity contribution in [2.24, 2.45) is 0 Å². The van der Waals surface area contributed by atoms with E-state index in [1.165, 1.54) is 0 Å². The number of hydrogen-bond donors (Lipinski definition) is 1. The molecule has 0 saturated heterocycles. The number of benzene rings is 1. The first-order valence-electron chi connectivity index (χ1n) is 6.83. The molecule has 0 heterocycles. The minimum atomic E-state index is 0.295. The number of halogens is 1. The maximum absolute atomic E-state index is 5.58. The molecule has 0 bridgehead atoms. The molecule has 2 rings (SSSR count). The van der Waals surface area contributed by atoms with Crippen molar-refractivity contribution in [3.05, 3.63) is 28.2 Å². The van der Waals surface area contributed by atoms with Crippen LogP contribution in [0.15, 0.2) is 22.7 Å². The van der Waals surface area contributed by atoms with Crippen LogP contribution in [0, 0.1) is 12.3 Å². The standard InChI is InChI=1S/C16H20BrNO2/c1-3-8-20-16-7-4-13(17)9-12(16)11-18-14-5-6-15(10-14)19-2/h1,4,7,9,14-15,18H,5-6,8,10-11H2,2H3. The third-order valence-electron chi connectivity index (χ3n) is 3.63. The molecule has 2 atom stereocenters. The molecule has 108 valence electrons. The number of methoxy groups -OCH3 is 1. The van der Waals surface area contributed by atoms with E-state index in [0.29, 0.717) is 18.8 Å². The van der Waals surface area contributed by atoms with Crippen molar-refractivity contribution in [2.75, 3.05) is 13.7 Å². The van der Waals surface area contributed by atoms with Gasteiger partial charge in [-0.2, -0.15) is 0 Å². The molecule has 0 radical (unpaired) electrons. The van der Waals surface area contributed by atoms with E-state index in [-0.39, 0.29) is 0 Å². The van der Waals surface area contributed by atoms with Gasteiger partial charge in [0.25, 0.3) is 0 Å². The maximum atomic E-state index is 5.58. The van der Waals surface area contributed by atoms with E-state index in [9.17, 15) is 0 Å². The van der Waals surface area contributed by atoms with Crippen LogP contribution in [0.3, 0.4) is 0 Å². The highest BCUT2D eigenvalue weighted by atomic mass is 79.9. The van der Waals surface area contributed by atoms with E-state index in [4.69, 9.17) is 15.9 Å². The summed E-state index contributed by atoms with van der Waals surface area (Å²) in [6.45, 7) is 1.07. The highest BCUT2D eigenvalue weighted by Gasteiger charge is 2.24. The van der Waals surface area contributed by atoms with Crippen LogP contribution in [-0.4, -0.2) is 25.9 Å².